The van der Waals surface area contributed by atoms with Gasteiger partial charge in [-0.05, 0) is 106 Å². The molecule has 3 fully saturated rings. The minimum atomic E-state index is -1.01. The average Bonchev–Trinajstić information content (AvgIpc) is 3.40. The summed E-state index contributed by atoms with van der Waals surface area (Å²) in [6, 6.07) is 11.4. The van der Waals surface area contributed by atoms with Crippen LogP contribution in [0, 0.1) is 18.8 Å². The minimum Gasteiger partial charge on any atom is -0.436 e. The van der Waals surface area contributed by atoms with E-state index in [2.05, 4.69) is 15.6 Å². The molecule has 0 unspecified atom stereocenters. The van der Waals surface area contributed by atoms with Gasteiger partial charge in [-0.3, -0.25) is 9.78 Å². The number of aryl methyl sites for hydroxylation is 1. The lowest BCUT2D eigenvalue weighted by atomic mass is 9.79. The maximum absolute atomic E-state index is 14.1. The fourth-order valence-corrected chi connectivity index (χ4v) is 8.21. The average molecular weight is 659 g/mol. The van der Waals surface area contributed by atoms with Gasteiger partial charge in [0.1, 0.15) is 0 Å². The lowest BCUT2D eigenvalue weighted by Crippen LogP contribution is -2.52. The quantitative estimate of drug-likeness (QED) is 0.360. The Labute approximate surface area is 280 Å². The van der Waals surface area contributed by atoms with Crippen molar-refractivity contribution in [2.75, 3.05) is 51.1 Å². The van der Waals surface area contributed by atoms with Crippen LogP contribution in [0.4, 0.5) is 15.3 Å². The standard InChI is InChI=1S/C36H46N6O6/c1-23-20-24(21-30-32(23)39-35(45)47-30)22-31(33(43)40-15-8-26(9-16-40)25-6-13-37-14-7-25)48-36(46)41-17-11-28(12-18-41)42-19-10-27-4-2-3-5-29(27)38-34(42)44/h2-5,20-21,25-26,28,31,37H,6-19,22H2,1H3,(H,38,44)(H,39,45)/t31-/m1/s1. The first-order valence-corrected chi connectivity index (χ1v) is 17.6. The fraction of sp³-hybridized carbons (Fsp3) is 0.556. The number of nitrogens with zero attached hydrogens (tertiary/aromatic N) is 3. The molecule has 7 rings (SSSR count). The van der Waals surface area contributed by atoms with Gasteiger partial charge in [0.15, 0.2) is 11.7 Å². The molecule has 0 radical (unpaired) electrons. The van der Waals surface area contributed by atoms with Crippen LogP contribution < -0.4 is 16.4 Å². The second kappa shape index (κ2) is 14.0. The van der Waals surface area contributed by atoms with E-state index in [-0.39, 0.29) is 24.4 Å². The van der Waals surface area contributed by atoms with Crippen LogP contribution >= 0.6 is 0 Å². The van der Waals surface area contributed by atoms with Crippen molar-refractivity contribution in [1.29, 1.82) is 0 Å². The summed E-state index contributed by atoms with van der Waals surface area (Å²) in [4.78, 5) is 60.8. The Bertz CT molecular complexity index is 1700. The van der Waals surface area contributed by atoms with Crippen LogP contribution in [-0.2, 0) is 22.4 Å². The van der Waals surface area contributed by atoms with Crippen LogP contribution in [0.5, 0.6) is 0 Å². The number of anilines is 1. The molecule has 4 aliphatic heterocycles. The van der Waals surface area contributed by atoms with Crippen LogP contribution in [0.3, 0.4) is 0 Å². The Morgan fingerprint density at radius 1 is 0.917 bits per heavy atom. The van der Waals surface area contributed by atoms with Crippen LogP contribution in [0.1, 0.15) is 55.2 Å². The Balaban J connectivity index is 1.01. The number of fused-ring (bicyclic) bond motifs is 2. The number of likely N-dealkylation sites (tertiary alicyclic amines) is 2. The molecule has 48 heavy (non-hydrogen) atoms. The molecule has 0 saturated carbocycles. The summed E-state index contributed by atoms with van der Waals surface area (Å²) in [5.41, 5.74) is 4.58. The fourth-order valence-electron chi connectivity index (χ4n) is 8.21. The molecule has 5 heterocycles. The zero-order valence-corrected chi connectivity index (χ0v) is 27.7. The van der Waals surface area contributed by atoms with E-state index in [0.29, 0.717) is 68.5 Å². The highest BCUT2D eigenvalue weighted by Crippen LogP contribution is 2.32. The summed E-state index contributed by atoms with van der Waals surface area (Å²) in [6.45, 7) is 6.78. The van der Waals surface area contributed by atoms with Gasteiger partial charge < -0.3 is 34.5 Å². The van der Waals surface area contributed by atoms with E-state index in [1.807, 2.05) is 47.1 Å². The molecule has 2 aromatic carbocycles. The van der Waals surface area contributed by atoms with Crippen LogP contribution in [0.2, 0.25) is 0 Å². The maximum atomic E-state index is 14.1. The predicted octanol–water partition coefficient (Wildman–Crippen LogP) is 4.27. The molecule has 12 nitrogen and oxygen atoms in total. The molecule has 12 heteroatoms. The van der Waals surface area contributed by atoms with E-state index >= 15 is 0 Å². The lowest BCUT2D eigenvalue weighted by molar-refractivity contribution is -0.142. The first-order chi connectivity index (χ1) is 23.3. The Kier molecular flexibility index (Phi) is 9.43. The number of rotatable bonds is 6. The number of hydrogen-bond donors (Lipinski definition) is 3. The third-order valence-corrected chi connectivity index (χ3v) is 10.9. The van der Waals surface area contributed by atoms with Crippen LogP contribution in [0.15, 0.2) is 45.6 Å². The molecule has 256 valence electrons. The maximum Gasteiger partial charge on any atom is 0.417 e. The number of para-hydroxylation sites is 1. The van der Waals surface area contributed by atoms with Crippen molar-refractivity contribution in [3.8, 4) is 0 Å². The molecule has 0 aliphatic carbocycles. The number of urea groups is 1. The Morgan fingerprint density at radius 3 is 2.40 bits per heavy atom. The molecule has 3 N–H and O–H groups in total. The molecule has 0 spiro atoms. The van der Waals surface area contributed by atoms with E-state index in [1.54, 1.807) is 11.0 Å². The van der Waals surface area contributed by atoms with Crippen molar-refractivity contribution in [3.63, 3.8) is 0 Å². The van der Waals surface area contributed by atoms with E-state index in [0.717, 1.165) is 54.7 Å². The Hall–Kier alpha value is -4.32. The summed E-state index contributed by atoms with van der Waals surface area (Å²) < 4.78 is 11.4. The van der Waals surface area contributed by atoms with E-state index < -0.39 is 18.0 Å². The van der Waals surface area contributed by atoms with Crippen molar-refractivity contribution in [2.45, 2.75) is 70.4 Å². The zero-order valence-electron chi connectivity index (χ0n) is 27.7. The number of aromatic amines is 1. The smallest absolute Gasteiger partial charge is 0.417 e. The molecule has 0 bridgehead atoms. The number of carbonyl (C=O) groups is 3. The molecule has 3 saturated heterocycles. The second-order valence-corrected chi connectivity index (χ2v) is 13.9. The monoisotopic (exact) mass is 658 g/mol. The first kappa shape index (κ1) is 32.2. The zero-order chi connectivity index (χ0) is 33.2. The highest BCUT2D eigenvalue weighted by molar-refractivity contribution is 5.91. The van der Waals surface area contributed by atoms with Gasteiger partial charge >= 0.3 is 17.9 Å². The summed E-state index contributed by atoms with van der Waals surface area (Å²) in [5, 5.41) is 6.49. The number of ether oxygens (including phenoxy) is 1. The van der Waals surface area contributed by atoms with Gasteiger partial charge in [-0.2, -0.15) is 0 Å². The van der Waals surface area contributed by atoms with E-state index in [4.69, 9.17) is 9.15 Å². The first-order valence-electron chi connectivity index (χ1n) is 17.6. The normalized spacial score (nSPS) is 20.7. The number of H-pyrrole nitrogens is 1. The third kappa shape index (κ3) is 6.94. The van der Waals surface area contributed by atoms with Crippen molar-refractivity contribution in [2.24, 2.45) is 11.8 Å². The van der Waals surface area contributed by atoms with Crippen molar-refractivity contribution in [1.82, 2.24) is 25.0 Å². The van der Waals surface area contributed by atoms with E-state index in [9.17, 15) is 19.2 Å². The van der Waals surface area contributed by atoms with Gasteiger partial charge in [0.05, 0.1) is 5.52 Å². The number of piperidine rings is 3. The van der Waals surface area contributed by atoms with Gasteiger partial charge in [0.25, 0.3) is 5.91 Å². The molecular weight excluding hydrogens is 612 g/mol. The molecule has 4 aliphatic rings. The molecule has 1 atom stereocenters. The molecule has 4 amide bonds. The number of aromatic nitrogens is 1. The van der Waals surface area contributed by atoms with Crippen molar-refractivity contribution < 1.29 is 23.5 Å². The molecule has 3 aromatic rings. The molecular formula is C36H46N6O6. The SMILES string of the molecule is Cc1cc(C[C@@H](OC(=O)N2CCC(N3CCc4ccccc4NC3=O)CC2)C(=O)N2CCC(C3CCNCC3)CC2)cc2oc(=O)[nH]c12. The van der Waals surface area contributed by atoms with Gasteiger partial charge in [-0.1, -0.05) is 24.3 Å². The largest absolute Gasteiger partial charge is 0.436 e. The third-order valence-electron chi connectivity index (χ3n) is 10.9. The number of nitrogens with one attached hydrogen (secondary N) is 3. The summed E-state index contributed by atoms with van der Waals surface area (Å²) >= 11 is 0. The van der Waals surface area contributed by atoms with Gasteiger partial charge in [-0.15, -0.1) is 0 Å². The number of amides is 4. The lowest BCUT2D eigenvalue weighted by Gasteiger charge is -2.39. The second-order valence-electron chi connectivity index (χ2n) is 13.9. The number of hydrogen-bond acceptors (Lipinski definition) is 7. The number of oxazole rings is 1. The van der Waals surface area contributed by atoms with Crippen LogP contribution in [0.25, 0.3) is 11.1 Å². The van der Waals surface area contributed by atoms with Crippen LogP contribution in [-0.4, -0.2) is 95.7 Å². The molecule has 1 aromatic heterocycles. The highest BCUT2D eigenvalue weighted by atomic mass is 16.6. The van der Waals surface area contributed by atoms with Crippen molar-refractivity contribution in [3.05, 3.63) is 63.6 Å². The topological polar surface area (TPSA) is 140 Å². The minimum absolute atomic E-state index is 0.00717. The predicted molar refractivity (Wildman–Crippen MR) is 181 cm³/mol. The van der Waals surface area contributed by atoms with Gasteiger partial charge in [-0.25, -0.2) is 14.4 Å². The number of benzene rings is 2. The number of carbonyl (C=O) groups excluding carboxylic acids is 3. The van der Waals surface area contributed by atoms with Crippen molar-refractivity contribution >= 4 is 34.8 Å². The van der Waals surface area contributed by atoms with E-state index in [1.165, 1.54) is 12.8 Å². The summed E-state index contributed by atoms with van der Waals surface area (Å²) in [7, 11) is 0. The Morgan fingerprint density at radius 2 is 1.62 bits per heavy atom. The highest BCUT2D eigenvalue weighted by Gasteiger charge is 2.36. The van der Waals surface area contributed by atoms with Gasteiger partial charge in [0.2, 0.25) is 0 Å². The van der Waals surface area contributed by atoms with Gasteiger partial charge in [0, 0.05) is 50.9 Å². The summed E-state index contributed by atoms with van der Waals surface area (Å²) in [5.74, 6) is 0.588. The summed E-state index contributed by atoms with van der Waals surface area (Å²) in [6.07, 6.45) is 4.96.